The molecule has 0 radical (unpaired) electrons. The minimum atomic E-state index is -1.98. The standard InChI is InChI=1S/C9H22OSi.C4H10O.2H2O.Zr/c1-7(2)11(10,8(3)4)9(5)6;1-3-4(2)5;;;/h7-10H,1-6H3;4-5H,3H2,1-2H3;2*1H2;. The average Bonchev–Trinajstić information content (AvgIpc) is 2.16. The largest absolute Gasteiger partial charge is 0.431 e. The van der Waals surface area contributed by atoms with Gasteiger partial charge in [-0.2, -0.15) is 0 Å². The van der Waals surface area contributed by atoms with Crippen molar-refractivity contribution in [2.24, 2.45) is 0 Å². The van der Waals surface area contributed by atoms with Crippen LogP contribution in [0.3, 0.4) is 0 Å². The van der Waals surface area contributed by atoms with Crippen molar-refractivity contribution >= 4 is 8.32 Å². The van der Waals surface area contributed by atoms with Gasteiger partial charge in [-0.05, 0) is 30.0 Å². The quantitative estimate of drug-likeness (QED) is 0.736. The first kappa shape index (κ1) is 32.0. The molecule has 6 N–H and O–H groups in total. The summed E-state index contributed by atoms with van der Waals surface area (Å²) >= 11 is 0. The Hall–Kier alpha value is 0.940. The van der Waals surface area contributed by atoms with E-state index >= 15 is 0 Å². The van der Waals surface area contributed by atoms with E-state index < -0.39 is 8.32 Å². The predicted octanol–water partition coefficient (Wildman–Crippen LogP) is 2.28. The van der Waals surface area contributed by atoms with Gasteiger partial charge in [-0.15, -0.1) is 0 Å². The first-order valence-corrected chi connectivity index (χ1v) is 8.68. The minimum absolute atomic E-state index is 0. The molecular formula is C13H36O4SiZr. The summed E-state index contributed by atoms with van der Waals surface area (Å²) in [6.45, 7) is 16.6. The van der Waals surface area contributed by atoms with Crippen molar-refractivity contribution in [2.75, 3.05) is 0 Å². The van der Waals surface area contributed by atoms with E-state index in [2.05, 4.69) is 41.5 Å². The van der Waals surface area contributed by atoms with Crippen LogP contribution in [0.4, 0.5) is 0 Å². The monoisotopic (exact) mass is 374 g/mol. The Labute approximate surface area is 139 Å². The molecule has 4 nitrogen and oxygen atoms in total. The summed E-state index contributed by atoms with van der Waals surface area (Å²) in [6.07, 6.45) is 0.745. The molecular weight excluding hydrogens is 339 g/mol. The van der Waals surface area contributed by atoms with Crippen LogP contribution in [0.25, 0.3) is 0 Å². The van der Waals surface area contributed by atoms with Crippen LogP contribution < -0.4 is 0 Å². The Kier molecular flexibility index (Phi) is 25.9. The zero-order valence-electron chi connectivity index (χ0n) is 13.9. The molecule has 1 unspecified atom stereocenters. The van der Waals surface area contributed by atoms with Gasteiger partial charge < -0.3 is 20.9 Å². The molecule has 0 aromatic heterocycles. The van der Waals surface area contributed by atoms with Gasteiger partial charge in [-0.3, -0.25) is 0 Å². The van der Waals surface area contributed by atoms with Gasteiger partial charge >= 0.3 is 0 Å². The number of aliphatic hydroxyl groups excluding tert-OH is 1. The number of hydrogen-bond acceptors (Lipinski definition) is 2. The third-order valence-electron chi connectivity index (χ3n) is 3.37. The van der Waals surface area contributed by atoms with Crippen molar-refractivity contribution in [1.29, 1.82) is 0 Å². The van der Waals surface area contributed by atoms with Crippen LogP contribution in [-0.2, 0) is 26.2 Å². The van der Waals surface area contributed by atoms with Crippen molar-refractivity contribution < 1.29 is 47.1 Å². The molecule has 0 saturated heterocycles. The van der Waals surface area contributed by atoms with Crippen molar-refractivity contribution in [2.45, 2.75) is 84.5 Å². The SMILES string of the molecule is CC(C)[Si](O)(C(C)C)C(C)C.CCC(C)O.O.O.[Zr]. The molecule has 0 saturated carbocycles. The van der Waals surface area contributed by atoms with Crippen LogP contribution in [0.15, 0.2) is 0 Å². The molecule has 6 heteroatoms. The van der Waals surface area contributed by atoms with E-state index in [1.54, 1.807) is 6.92 Å². The second-order valence-corrected chi connectivity index (χ2v) is 10.8. The molecule has 0 spiro atoms. The fourth-order valence-corrected chi connectivity index (χ4v) is 6.00. The molecule has 120 valence electrons. The molecule has 0 aliphatic heterocycles. The van der Waals surface area contributed by atoms with E-state index in [4.69, 9.17) is 5.11 Å². The Morgan fingerprint density at radius 2 is 0.947 bits per heavy atom. The molecule has 0 aromatic carbocycles. The van der Waals surface area contributed by atoms with Crippen molar-refractivity contribution in [1.82, 2.24) is 0 Å². The molecule has 0 aliphatic carbocycles. The Morgan fingerprint density at radius 3 is 0.947 bits per heavy atom. The van der Waals surface area contributed by atoms with Gasteiger partial charge in [-0.1, -0.05) is 48.5 Å². The van der Waals surface area contributed by atoms with Crippen LogP contribution in [0.5, 0.6) is 0 Å². The van der Waals surface area contributed by atoms with Crippen molar-refractivity contribution in [3.05, 3.63) is 0 Å². The Balaban J connectivity index is -0.0000000717. The molecule has 19 heavy (non-hydrogen) atoms. The second-order valence-electron chi connectivity index (χ2n) is 5.61. The predicted molar refractivity (Wildman–Crippen MR) is 82.5 cm³/mol. The zero-order valence-corrected chi connectivity index (χ0v) is 17.4. The van der Waals surface area contributed by atoms with E-state index in [9.17, 15) is 4.80 Å². The van der Waals surface area contributed by atoms with E-state index in [0.29, 0.717) is 16.6 Å². The summed E-state index contributed by atoms with van der Waals surface area (Å²) in [5, 5.41) is 8.36. The maximum Gasteiger partial charge on any atom is 0.196 e. The molecule has 0 aromatic rings. The molecule has 0 bridgehead atoms. The van der Waals surface area contributed by atoms with Crippen LogP contribution in [0, 0.1) is 0 Å². The Bertz CT molecular complexity index is 154. The zero-order chi connectivity index (χ0) is 13.5. The van der Waals surface area contributed by atoms with Gasteiger partial charge in [0.1, 0.15) is 0 Å². The summed E-state index contributed by atoms with van der Waals surface area (Å²) in [5.74, 6) is 0. The molecule has 1 atom stereocenters. The van der Waals surface area contributed by atoms with Gasteiger partial charge in [0.25, 0.3) is 0 Å². The van der Waals surface area contributed by atoms with Crippen LogP contribution in [-0.4, -0.2) is 35.3 Å². The van der Waals surface area contributed by atoms with E-state index in [1.807, 2.05) is 6.92 Å². The number of rotatable bonds is 4. The fourth-order valence-electron chi connectivity index (χ4n) is 2.00. The van der Waals surface area contributed by atoms with Crippen molar-refractivity contribution in [3.63, 3.8) is 0 Å². The minimum Gasteiger partial charge on any atom is -0.431 e. The van der Waals surface area contributed by atoms with E-state index in [1.165, 1.54) is 0 Å². The number of hydrogen-bond donors (Lipinski definition) is 2. The van der Waals surface area contributed by atoms with Crippen molar-refractivity contribution in [3.8, 4) is 0 Å². The number of aliphatic hydroxyl groups is 1. The first-order valence-electron chi connectivity index (χ1n) is 6.50. The van der Waals surface area contributed by atoms with Gasteiger partial charge in [0.15, 0.2) is 8.32 Å². The second kappa shape index (κ2) is 15.3. The summed E-state index contributed by atoms with van der Waals surface area (Å²) in [7, 11) is -1.98. The molecule has 0 fully saturated rings. The first-order chi connectivity index (χ1) is 7.10. The van der Waals surface area contributed by atoms with Gasteiger partial charge in [0.05, 0.1) is 6.10 Å². The van der Waals surface area contributed by atoms with Crippen LogP contribution in [0.2, 0.25) is 16.6 Å². The molecule has 0 heterocycles. The molecule has 0 aliphatic rings. The maximum atomic E-state index is 10.4. The average molecular weight is 376 g/mol. The summed E-state index contributed by atoms with van der Waals surface area (Å²) in [6, 6.07) is 0. The van der Waals surface area contributed by atoms with Gasteiger partial charge in [-0.25, -0.2) is 0 Å². The van der Waals surface area contributed by atoms with Gasteiger partial charge in [0, 0.05) is 26.2 Å². The van der Waals surface area contributed by atoms with E-state index in [0.717, 1.165) is 6.42 Å². The summed E-state index contributed by atoms with van der Waals surface area (Å²) in [4.78, 5) is 10.4. The normalized spacial score (nSPS) is 11.8. The Morgan fingerprint density at radius 1 is 0.789 bits per heavy atom. The molecule has 0 amide bonds. The van der Waals surface area contributed by atoms with Gasteiger partial charge in [0.2, 0.25) is 0 Å². The summed E-state index contributed by atoms with van der Waals surface area (Å²) < 4.78 is 0. The van der Waals surface area contributed by atoms with E-state index in [-0.39, 0.29) is 43.3 Å². The topological polar surface area (TPSA) is 103 Å². The maximum absolute atomic E-state index is 10.4. The molecule has 0 rings (SSSR count). The smallest absolute Gasteiger partial charge is 0.196 e. The third-order valence-corrected chi connectivity index (χ3v) is 8.91. The van der Waals surface area contributed by atoms with Crippen LogP contribution in [0.1, 0.15) is 61.8 Å². The third kappa shape index (κ3) is 12.4. The van der Waals surface area contributed by atoms with Crippen LogP contribution >= 0.6 is 0 Å². The fraction of sp³-hybridized carbons (Fsp3) is 1.00. The summed E-state index contributed by atoms with van der Waals surface area (Å²) in [5.41, 5.74) is 1.42.